The second-order valence-corrected chi connectivity index (χ2v) is 5.33. The molecule has 3 N–H and O–H groups in total. The third kappa shape index (κ3) is 3.34. The summed E-state index contributed by atoms with van der Waals surface area (Å²) in [6.45, 7) is 0.0600. The summed E-state index contributed by atoms with van der Waals surface area (Å²) >= 11 is 1.60. The molecule has 0 radical (unpaired) electrons. The molecule has 19 heavy (non-hydrogen) atoms. The van der Waals surface area contributed by atoms with E-state index >= 15 is 0 Å². The van der Waals surface area contributed by atoms with Gasteiger partial charge in [0, 0.05) is 5.75 Å². The highest BCUT2D eigenvalue weighted by Crippen LogP contribution is 2.27. The van der Waals surface area contributed by atoms with Gasteiger partial charge in [-0.25, -0.2) is 4.98 Å². The Kier molecular flexibility index (Phi) is 4.95. The highest BCUT2D eigenvalue weighted by Gasteiger charge is 2.29. The Morgan fingerprint density at radius 3 is 2.74 bits per heavy atom. The standard InChI is InChI=1S/C13H18N4OS/c1-14-13(9-18,11-5-3-2-4-6-11)7-8-19-12-15-10-16-17-12/h2-6,10,14,18H,7-9H2,1H3,(H,15,16,17). The van der Waals surface area contributed by atoms with Crippen LogP contribution in [0.25, 0.3) is 0 Å². The van der Waals surface area contributed by atoms with Gasteiger partial charge in [-0.3, -0.25) is 5.10 Å². The molecule has 1 heterocycles. The predicted octanol–water partition coefficient (Wildman–Crippen LogP) is 1.39. The van der Waals surface area contributed by atoms with E-state index in [1.54, 1.807) is 11.8 Å². The number of aromatic nitrogens is 3. The molecular formula is C13H18N4OS. The molecule has 0 aliphatic carbocycles. The Hall–Kier alpha value is -1.37. The zero-order chi connectivity index (χ0) is 13.6. The summed E-state index contributed by atoms with van der Waals surface area (Å²) in [6.07, 6.45) is 2.30. The second kappa shape index (κ2) is 6.70. The first-order valence-electron chi connectivity index (χ1n) is 6.14. The molecule has 1 aromatic heterocycles. The van der Waals surface area contributed by atoms with Gasteiger partial charge in [0.1, 0.15) is 6.33 Å². The minimum absolute atomic E-state index is 0.0600. The first-order valence-corrected chi connectivity index (χ1v) is 7.13. The lowest BCUT2D eigenvalue weighted by atomic mass is 9.88. The van der Waals surface area contributed by atoms with Crippen LogP contribution in [-0.4, -0.2) is 39.7 Å². The van der Waals surface area contributed by atoms with Crippen LogP contribution in [0.2, 0.25) is 0 Å². The van der Waals surface area contributed by atoms with Gasteiger partial charge in [-0.2, -0.15) is 5.10 Å². The molecule has 1 aromatic carbocycles. The normalized spacial score (nSPS) is 14.2. The molecule has 2 aromatic rings. The van der Waals surface area contributed by atoms with Crippen LogP contribution in [-0.2, 0) is 5.54 Å². The minimum atomic E-state index is -0.408. The Morgan fingerprint density at radius 2 is 2.16 bits per heavy atom. The maximum Gasteiger partial charge on any atom is 0.183 e. The van der Waals surface area contributed by atoms with Gasteiger partial charge in [0.05, 0.1) is 12.1 Å². The zero-order valence-corrected chi connectivity index (χ0v) is 11.7. The molecule has 0 aliphatic rings. The number of H-pyrrole nitrogens is 1. The van der Waals surface area contributed by atoms with Crippen molar-refractivity contribution >= 4 is 11.8 Å². The third-order valence-corrected chi connectivity index (χ3v) is 4.11. The number of aromatic amines is 1. The largest absolute Gasteiger partial charge is 0.394 e. The Balaban J connectivity index is 2.03. The van der Waals surface area contributed by atoms with Crippen molar-refractivity contribution < 1.29 is 5.11 Å². The van der Waals surface area contributed by atoms with Crippen LogP contribution in [0.4, 0.5) is 0 Å². The van der Waals surface area contributed by atoms with Crippen molar-refractivity contribution in [1.29, 1.82) is 0 Å². The number of aliphatic hydroxyl groups excluding tert-OH is 1. The van der Waals surface area contributed by atoms with E-state index < -0.39 is 5.54 Å². The molecule has 5 nitrogen and oxygen atoms in total. The van der Waals surface area contributed by atoms with E-state index in [9.17, 15) is 5.11 Å². The fraction of sp³-hybridized carbons (Fsp3) is 0.385. The highest BCUT2D eigenvalue weighted by atomic mass is 32.2. The zero-order valence-electron chi connectivity index (χ0n) is 10.8. The molecule has 1 unspecified atom stereocenters. The molecule has 0 saturated heterocycles. The summed E-state index contributed by atoms with van der Waals surface area (Å²) < 4.78 is 0. The molecule has 6 heteroatoms. The molecule has 0 spiro atoms. The number of hydrogen-bond donors (Lipinski definition) is 3. The first-order chi connectivity index (χ1) is 9.30. The lowest BCUT2D eigenvalue weighted by molar-refractivity contribution is 0.165. The Morgan fingerprint density at radius 1 is 1.37 bits per heavy atom. The molecular weight excluding hydrogens is 260 g/mol. The predicted molar refractivity (Wildman–Crippen MR) is 76.0 cm³/mol. The number of thioether (sulfide) groups is 1. The van der Waals surface area contributed by atoms with Crippen molar-refractivity contribution in [3.8, 4) is 0 Å². The lowest BCUT2D eigenvalue weighted by Gasteiger charge is -2.32. The van der Waals surface area contributed by atoms with E-state index in [1.165, 1.54) is 6.33 Å². The quantitative estimate of drug-likeness (QED) is 0.668. The summed E-state index contributed by atoms with van der Waals surface area (Å²) in [7, 11) is 1.88. The van der Waals surface area contributed by atoms with Crippen LogP contribution in [0, 0.1) is 0 Å². The van der Waals surface area contributed by atoms with E-state index in [4.69, 9.17) is 0 Å². The Labute approximate surface area is 116 Å². The van der Waals surface area contributed by atoms with Crippen molar-refractivity contribution in [3.05, 3.63) is 42.2 Å². The van der Waals surface area contributed by atoms with Crippen LogP contribution in [0.1, 0.15) is 12.0 Å². The average molecular weight is 278 g/mol. The fourth-order valence-electron chi connectivity index (χ4n) is 2.01. The van der Waals surface area contributed by atoms with Crippen LogP contribution in [0.3, 0.4) is 0 Å². The van der Waals surface area contributed by atoms with E-state index in [0.29, 0.717) is 0 Å². The minimum Gasteiger partial charge on any atom is -0.394 e. The number of aliphatic hydroxyl groups is 1. The summed E-state index contributed by atoms with van der Waals surface area (Å²) in [4.78, 5) is 4.07. The number of benzene rings is 1. The van der Waals surface area contributed by atoms with Crippen molar-refractivity contribution in [3.63, 3.8) is 0 Å². The van der Waals surface area contributed by atoms with Gasteiger partial charge in [-0.15, -0.1) is 0 Å². The number of nitrogens with zero attached hydrogens (tertiary/aromatic N) is 2. The lowest BCUT2D eigenvalue weighted by Crippen LogP contribution is -2.44. The van der Waals surface area contributed by atoms with Crippen LogP contribution in [0.15, 0.2) is 41.8 Å². The van der Waals surface area contributed by atoms with Crippen LogP contribution < -0.4 is 5.32 Å². The molecule has 0 bridgehead atoms. The maximum atomic E-state index is 9.78. The smallest absolute Gasteiger partial charge is 0.183 e. The number of rotatable bonds is 7. The molecule has 102 valence electrons. The topological polar surface area (TPSA) is 73.8 Å². The van der Waals surface area contributed by atoms with Gasteiger partial charge in [0.2, 0.25) is 0 Å². The highest BCUT2D eigenvalue weighted by molar-refractivity contribution is 7.99. The van der Waals surface area contributed by atoms with Gasteiger partial charge < -0.3 is 10.4 Å². The first kappa shape index (κ1) is 14.0. The fourth-order valence-corrected chi connectivity index (χ4v) is 2.89. The molecule has 2 rings (SSSR count). The monoisotopic (exact) mass is 278 g/mol. The third-order valence-electron chi connectivity index (χ3n) is 3.24. The van der Waals surface area contributed by atoms with Crippen molar-refractivity contribution in [1.82, 2.24) is 20.5 Å². The van der Waals surface area contributed by atoms with E-state index in [2.05, 4.69) is 20.5 Å². The van der Waals surface area contributed by atoms with Gasteiger partial charge in [-0.05, 0) is 19.0 Å². The van der Waals surface area contributed by atoms with Crippen LogP contribution in [0.5, 0.6) is 0 Å². The average Bonchev–Trinajstić information content (AvgIpc) is 2.98. The van der Waals surface area contributed by atoms with Crippen molar-refractivity contribution in [2.45, 2.75) is 17.1 Å². The second-order valence-electron chi connectivity index (χ2n) is 4.25. The summed E-state index contributed by atoms with van der Waals surface area (Å²) in [6, 6.07) is 10.0. The maximum absolute atomic E-state index is 9.78. The number of likely N-dealkylation sites (N-methyl/N-ethyl adjacent to an activating group) is 1. The molecule has 0 fully saturated rings. The summed E-state index contributed by atoms with van der Waals surface area (Å²) in [5.41, 5.74) is 0.687. The molecule has 0 saturated carbocycles. The molecule has 0 amide bonds. The van der Waals surface area contributed by atoms with Gasteiger partial charge in [0.15, 0.2) is 5.16 Å². The van der Waals surface area contributed by atoms with Crippen molar-refractivity contribution in [2.24, 2.45) is 0 Å². The summed E-state index contributed by atoms with van der Waals surface area (Å²) in [5.74, 6) is 0.839. The van der Waals surface area contributed by atoms with Gasteiger partial charge in [0.25, 0.3) is 0 Å². The van der Waals surface area contributed by atoms with Crippen LogP contribution >= 0.6 is 11.8 Å². The summed E-state index contributed by atoms with van der Waals surface area (Å²) in [5, 5.41) is 20.5. The van der Waals surface area contributed by atoms with E-state index in [-0.39, 0.29) is 6.61 Å². The Bertz CT molecular complexity index is 471. The molecule has 0 aliphatic heterocycles. The van der Waals surface area contributed by atoms with E-state index in [1.807, 2.05) is 37.4 Å². The van der Waals surface area contributed by atoms with Crippen molar-refractivity contribution in [2.75, 3.05) is 19.4 Å². The molecule has 1 atom stereocenters. The van der Waals surface area contributed by atoms with Gasteiger partial charge in [-0.1, -0.05) is 42.1 Å². The number of hydrogen-bond acceptors (Lipinski definition) is 5. The van der Waals surface area contributed by atoms with Gasteiger partial charge >= 0.3 is 0 Å². The van der Waals surface area contributed by atoms with E-state index in [0.717, 1.165) is 22.9 Å². The number of nitrogens with one attached hydrogen (secondary N) is 2. The SMILES string of the molecule is CNC(CO)(CCSc1ncn[nH]1)c1ccccc1.